The Morgan fingerprint density at radius 2 is 2.04 bits per heavy atom. The molecule has 3 aromatic rings. The fourth-order valence-corrected chi connectivity index (χ4v) is 4.40. The molecule has 0 amide bonds. The molecule has 0 radical (unpaired) electrons. The van der Waals surface area contributed by atoms with Gasteiger partial charge in [0.25, 0.3) is 0 Å². The van der Waals surface area contributed by atoms with Gasteiger partial charge in [-0.1, -0.05) is 41.7 Å². The van der Waals surface area contributed by atoms with Crippen LogP contribution in [0.25, 0.3) is 10.1 Å². The summed E-state index contributed by atoms with van der Waals surface area (Å²) in [6.45, 7) is 2.91. The van der Waals surface area contributed by atoms with Gasteiger partial charge in [0, 0.05) is 28.7 Å². The second-order valence-corrected chi connectivity index (χ2v) is 7.86. The minimum atomic E-state index is 0.0739. The van der Waals surface area contributed by atoms with Crippen LogP contribution in [0.15, 0.2) is 48.5 Å². The van der Waals surface area contributed by atoms with Crippen molar-refractivity contribution in [1.29, 1.82) is 0 Å². The van der Waals surface area contributed by atoms with Gasteiger partial charge in [-0.05, 0) is 49.4 Å². The molecule has 25 heavy (non-hydrogen) atoms. The van der Waals surface area contributed by atoms with Crippen LogP contribution < -0.4 is 10.1 Å². The maximum Gasteiger partial charge on any atom is 0.172 e. The molecule has 0 saturated carbocycles. The Morgan fingerprint density at radius 3 is 2.92 bits per heavy atom. The molecule has 2 atom stereocenters. The van der Waals surface area contributed by atoms with Crippen LogP contribution in [0.1, 0.15) is 24.5 Å². The third-order valence-electron chi connectivity index (χ3n) is 4.88. The van der Waals surface area contributed by atoms with Gasteiger partial charge in [0.2, 0.25) is 0 Å². The van der Waals surface area contributed by atoms with Crippen LogP contribution in [0.4, 0.5) is 0 Å². The van der Waals surface area contributed by atoms with E-state index in [1.165, 1.54) is 28.9 Å². The van der Waals surface area contributed by atoms with E-state index in [9.17, 15) is 5.11 Å². The van der Waals surface area contributed by atoms with Crippen molar-refractivity contribution in [3.63, 3.8) is 0 Å². The van der Waals surface area contributed by atoms with Crippen molar-refractivity contribution >= 4 is 21.4 Å². The first-order valence-electron chi connectivity index (χ1n) is 8.87. The van der Waals surface area contributed by atoms with Crippen molar-refractivity contribution in [2.24, 2.45) is 0 Å². The summed E-state index contributed by atoms with van der Waals surface area (Å²) in [6.07, 6.45) is 3.50. The second-order valence-electron chi connectivity index (χ2n) is 6.80. The zero-order chi connectivity index (χ0) is 17.2. The largest absolute Gasteiger partial charge is 0.499 e. The molecular weight excluding hydrogens is 330 g/mol. The summed E-state index contributed by atoms with van der Waals surface area (Å²) in [5, 5.41) is 14.7. The number of hydrogen-bond acceptors (Lipinski definition) is 4. The quantitative estimate of drug-likeness (QED) is 0.708. The van der Waals surface area contributed by atoms with Gasteiger partial charge >= 0.3 is 0 Å². The third-order valence-corrected chi connectivity index (χ3v) is 5.78. The molecule has 2 N–H and O–H groups in total. The lowest BCUT2D eigenvalue weighted by atomic mass is 9.88. The van der Waals surface area contributed by atoms with E-state index in [2.05, 4.69) is 36.5 Å². The fourth-order valence-electron chi connectivity index (χ4n) is 3.59. The first-order valence-corrected chi connectivity index (χ1v) is 9.69. The van der Waals surface area contributed by atoms with Crippen LogP contribution in [-0.2, 0) is 12.8 Å². The van der Waals surface area contributed by atoms with Crippen LogP contribution in [-0.4, -0.2) is 23.8 Å². The first kappa shape index (κ1) is 16.4. The number of benzene rings is 2. The molecule has 0 fully saturated rings. The number of hydrogen-bond donors (Lipinski definition) is 2. The zero-order valence-electron chi connectivity index (χ0n) is 14.4. The Balaban J connectivity index is 1.36. The Morgan fingerprint density at radius 1 is 1.20 bits per heavy atom. The van der Waals surface area contributed by atoms with Crippen LogP contribution in [0.3, 0.4) is 0 Å². The summed E-state index contributed by atoms with van der Waals surface area (Å²) in [5.74, 6) is 0.845. The first-order chi connectivity index (χ1) is 12.2. The van der Waals surface area contributed by atoms with Gasteiger partial charge in [-0.25, -0.2) is 0 Å². The van der Waals surface area contributed by atoms with Gasteiger partial charge in [0.05, 0.1) is 0 Å². The zero-order valence-corrected chi connectivity index (χ0v) is 15.2. The average Bonchev–Trinajstić information content (AvgIpc) is 3.01. The number of thiophene rings is 1. The standard InChI is InChI=1S/C21H23NO2S/c1-14(24-19-7-4-8-20-18(19)12-21(23)25-20)13-22-17-10-9-15-5-2-3-6-16(15)11-17/h2-8,12,14,17,22-23H,9-11,13H2,1H3. The van der Waals surface area contributed by atoms with E-state index in [1.54, 1.807) is 6.07 Å². The van der Waals surface area contributed by atoms with Crippen molar-refractivity contribution in [1.82, 2.24) is 5.32 Å². The molecule has 1 aliphatic carbocycles. The number of aryl methyl sites for hydroxylation is 1. The van der Waals surface area contributed by atoms with Crippen molar-refractivity contribution < 1.29 is 9.84 Å². The summed E-state index contributed by atoms with van der Waals surface area (Å²) in [6, 6.07) is 17.0. The molecule has 130 valence electrons. The predicted molar refractivity (Wildman–Crippen MR) is 104 cm³/mol. The highest BCUT2D eigenvalue weighted by Crippen LogP contribution is 2.36. The van der Waals surface area contributed by atoms with Crippen molar-refractivity contribution in [2.75, 3.05) is 6.54 Å². The lowest BCUT2D eigenvalue weighted by Crippen LogP contribution is -2.40. The lowest BCUT2D eigenvalue weighted by molar-refractivity contribution is 0.212. The van der Waals surface area contributed by atoms with Gasteiger partial charge in [-0.15, -0.1) is 0 Å². The maximum absolute atomic E-state index is 9.72. The van der Waals surface area contributed by atoms with E-state index in [4.69, 9.17) is 4.74 Å². The van der Waals surface area contributed by atoms with E-state index >= 15 is 0 Å². The Labute approximate surface area is 152 Å². The Kier molecular flexibility index (Phi) is 4.64. The SMILES string of the molecule is CC(CNC1CCc2ccccc2C1)Oc1cccc2sc(O)cc12. The molecule has 0 spiro atoms. The van der Waals surface area contributed by atoms with Crippen LogP contribution in [0, 0.1) is 0 Å². The van der Waals surface area contributed by atoms with Crippen LogP contribution in [0.5, 0.6) is 10.8 Å². The molecular formula is C21H23NO2S. The van der Waals surface area contributed by atoms with Gasteiger partial charge < -0.3 is 15.2 Å². The second kappa shape index (κ2) is 7.06. The number of rotatable bonds is 5. The topological polar surface area (TPSA) is 41.5 Å². The number of ether oxygens (including phenoxy) is 1. The monoisotopic (exact) mass is 353 g/mol. The number of nitrogens with one attached hydrogen (secondary N) is 1. The normalized spacial score (nSPS) is 18.0. The molecule has 2 aromatic carbocycles. The van der Waals surface area contributed by atoms with Crippen LogP contribution in [0.2, 0.25) is 0 Å². The summed E-state index contributed by atoms with van der Waals surface area (Å²) >= 11 is 1.38. The van der Waals surface area contributed by atoms with Gasteiger partial charge in [-0.3, -0.25) is 0 Å². The molecule has 4 heteroatoms. The number of fused-ring (bicyclic) bond motifs is 2. The van der Waals surface area contributed by atoms with Crippen molar-refractivity contribution in [3.05, 3.63) is 59.7 Å². The molecule has 2 unspecified atom stereocenters. The lowest BCUT2D eigenvalue weighted by Gasteiger charge is -2.27. The van der Waals surface area contributed by atoms with E-state index in [0.29, 0.717) is 11.1 Å². The summed E-state index contributed by atoms with van der Waals surface area (Å²) in [4.78, 5) is 0. The highest BCUT2D eigenvalue weighted by atomic mass is 32.1. The van der Waals surface area contributed by atoms with Gasteiger partial charge in [0.1, 0.15) is 11.9 Å². The third kappa shape index (κ3) is 3.65. The molecule has 3 nitrogen and oxygen atoms in total. The Bertz CT molecular complexity index is 873. The number of aromatic hydroxyl groups is 1. The molecule has 4 rings (SSSR count). The minimum absolute atomic E-state index is 0.0739. The van der Waals surface area contributed by atoms with Crippen molar-refractivity contribution in [2.45, 2.75) is 38.3 Å². The highest BCUT2D eigenvalue weighted by molar-refractivity contribution is 7.20. The van der Waals surface area contributed by atoms with Crippen LogP contribution >= 0.6 is 11.3 Å². The minimum Gasteiger partial charge on any atom is -0.499 e. The summed E-state index contributed by atoms with van der Waals surface area (Å²) in [5.41, 5.74) is 2.96. The molecule has 1 aliphatic rings. The Hall–Kier alpha value is -2.04. The predicted octanol–water partition coefficient (Wildman–Crippen LogP) is 4.52. The average molecular weight is 353 g/mol. The fraction of sp³-hybridized carbons (Fsp3) is 0.333. The molecule has 0 bridgehead atoms. The van der Waals surface area contributed by atoms with E-state index in [1.807, 2.05) is 18.2 Å². The molecule has 1 heterocycles. The van der Waals surface area contributed by atoms with E-state index in [0.717, 1.165) is 35.2 Å². The van der Waals surface area contributed by atoms with Gasteiger partial charge in [-0.2, -0.15) is 0 Å². The summed E-state index contributed by atoms with van der Waals surface area (Å²) < 4.78 is 7.19. The maximum atomic E-state index is 9.72. The smallest absolute Gasteiger partial charge is 0.172 e. The molecule has 0 saturated heterocycles. The van der Waals surface area contributed by atoms with Crippen molar-refractivity contribution in [3.8, 4) is 10.8 Å². The molecule has 1 aromatic heterocycles. The highest BCUT2D eigenvalue weighted by Gasteiger charge is 2.19. The molecule has 0 aliphatic heterocycles. The van der Waals surface area contributed by atoms with Gasteiger partial charge in [0.15, 0.2) is 5.06 Å². The van der Waals surface area contributed by atoms with E-state index in [-0.39, 0.29) is 6.10 Å². The van der Waals surface area contributed by atoms with E-state index < -0.39 is 0 Å². The summed E-state index contributed by atoms with van der Waals surface area (Å²) in [7, 11) is 0.